The smallest absolute Gasteiger partial charge is 0.334 e. The molecule has 1 fully saturated rings. The van der Waals surface area contributed by atoms with Gasteiger partial charge in [0.25, 0.3) is 0 Å². The SMILES string of the molecule is C=C1C(=O)O[C@@H]2C[C@H](CO)CC/C=C(/CO)C[C@@H](OC(=O)C=C(C)C)[C@@H]12. The van der Waals surface area contributed by atoms with Crippen LogP contribution >= 0.6 is 0 Å². The standard InChI is InChI=1S/C20H28O6/c1-12(2)7-18(23)25-16-8-14(10-21)5-4-6-15(11-22)9-17-19(16)13(3)20(24)26-17/h5,7,15-17,19,21-22H,3-4,6,8-11H2,1-2H3/b14-5+/t15-,16-,17-,19-/m1/s1. The molecule has 144 valence electrons. The summed E-state index contributed by atoms with van der Waals surface area (Å²) in [6.45, 7) is 7.26. The van der Waals surface area contributed by atoms with Crippen molar-refractivity contribution in [1.29, 1.82) is 0 Å². The van der Waals surface area contributed by atoms with Gasteiger partial charge in [-0.25, -0.2) is 9.59 Å². The first kappa shape index (κ1) is 20.4. The molecule has 26 heavy (non-hydrogen) atoms. The van der Waals surface area contributed by atoms with Gasteiger partial charge in [-0.1, -0.05) is 18.2 Å². The summed E-state index contributed by atoms with van der Waals surface area (Å²) in [6.07, 6.45) is 4.41. The molecule has 0 saturated carbocycles. The van der Waals surface area contributed by atoms with E-state index in [0.29, 0.717) is 19.3 Å². The minimum absolute atomic E-state index is 0.0161. The van der Waals surface area contributed by atoms with Gasteiger partial charge in [-0.2, -0.15) is 0 Å². The number of allylic oxidation sites excluding steroid dienone is 2. The Balaban J connectivity index is 2.36. The van der Waals surface area contributed by atoms with E-state index in [1.54, 1.807) is 13.8 Å². The van der Waals surface area contributed by atoms with Crippen LogP contribution in [0, 0.1) is 11.8 Å². The van der Waals surface area contributed by atoms with Crippen LogP contribution in [0.25, 0.3) is 0 Å². The van der Waals surface area contributed by atoms with E-state index >= 15 is 0 Å². The number of hydrogen-bond donors (Lipinski definition) is 2. The quantitative estimate of drug-likeness (QED) is 0.451. The number of carbonyl (C=O) groups is 2. The van der Waals surface area contributed by atoms with Crippen molar-refractivity contribution in [2.75, 3.05) is 13.2 Å². The summed E-state index contributed by atoms with van der Waals surface area (Å²) < 4.78 is 11.1. The van der Waals surface area contributed by atoms with Crippen molar-refractivity contribution in [3.05, 3.63) is 35.5 Å². The van der Waals surface area contributed by atoms with Crippen molar-refractivity contribution in [1.82, 2.24) is 0 Å². The Morgan fingerprint density at radius 2 is 2.15 bits per heavy atom. The monoisotopic (exact) mass is 364 g/mol. The first-order valence-corrected chi connectivity index (χ1v) is 9.00. The second-order valence-corrected chi connectivity index (χ2v) is 7.28. The van der Waals surface area contributed by atoms with Crippen molar-refractivity contribution in [2.24, 2.45) is 11.8 Å². The fourth-order valence-corrected chi connectivity index (χ4v) is 3.57. The molecule has 4 atom stereocenters. The largest absolute Gasteiger partial charge is 0.458 e. The third-order valence-corrected chi connectivity index (χ3v) is 4.90. The first-order chi connectivity index (χ1) is 12.3. The summed E-state index contributed by atoms with van der Waals surface area (Å²) >= 11 is 0. The number of carbonyl (C=O) groups excluding carboxylic acids is 2. The Kier molecular flexibility index (Phi) is 7.17. The third-order valence-electron chi connectivity index (χ3n) is 4.90. The van der Waals surface area contributed by atoms with Gasteiger partial charge in [0.1, 0.15) is 12.2 Å². The van der Waals surface area contributed by atoms with Crippen molar-refractivity contribution in [3.63, 3.8) is 0 Å². The molecule has 1 aliphatic carbocycles. The van der Waals surface area contributed by atoms with E-state index in [2.05, 4.69) is 6.58 Å². The van der Waals surface area contributed by atoms with Gasteiger partial charge < -0.3 is 19.7 Å². The highest BCUT2D eigenvalue weighted by Gasteiger charge is 2.45. The highest BCUT2D eigenvalue weighted by Crippen LogP contribution is 2.38. The van der Waals surface area contributed by atoms with Crippen LogP contribution in [0.15, 0.2) is 35.5 Å². The molecule has 1 saturated heterocycles. The predicted molar refractivity (Wildman–Crippen MR) is 96.0 cm³/mol. The second kappa shape index (κ2) is 9.14. The number of esters is 2. The Labute approximate surface area is 154 Å². The van der Waals surface area contributed by atoms with E-state index in [0.717, 1.165) is 17.6 Å². The van der Waals surface area contributed by atoms with Crippen LogP contribution in [-0.4, -0.2) is 47.6 Å². The summed E-state index contributed by atoms with van der Waals surface area (Å²) in [7, 11) is 0. The van der Waals surface area contributed by atoms with Crippen molar-refractivity contribution in [2.45, 2.75) is 51.7 Å². The third kappa shape index (κ3) is 5.05. The maximum absolute atomic E-state index is 12.2. The molecule has 1 heterocycles. The van der Waals surface area contributed by atoms with Crippen molar-refractivity contribution in [3.8, 4) is 0 Å². The number of hydrogen-bond acceptors (Lipinski definition) is 6. The minimum Gasteiger partial charge on any atom is -0.458 e. The van der Waals surface area contributed by atoms with Crippen LogP contribution in [0.4, 0.5) is 0 Å². The number of aliphatic hydroxyl groups is 2. The minimum atomic E-state index is -0.655. The second-order valence-electron chi connectivity index (χ2n) is 7.28. The van der Waals surface area contributed by atoms with E-state index < -0.39 is 30.1 Å². The molecule has 0 aromatic heterocycles. The molecule has 0 amide bonds. The summed E-state index contributed by atoms with van der Waals surface area (Å²) in [5, 5.41) is 19.3. The molecular weight excluding hydrogens is 336 g/mol. The fraction of sp³-hybridized carbons (Fsp3) is 0.600. The lowest BCUT2D eigenvalue weighted by atomic mass is 9.81. The lowest BCUT2D eigenvalue weighted by Crippen LogP contribution is -2.35. The van der Waals surface area contributed by atoms with E-state index in [1.165, 1.54) is 6.08 Å². The summed E-state index contributed by atoms with van der Waals surface area (Å²) in [5.74, 6) is -1.51. The summed E-state index contributed by atoms with van der Waals surface area (Å²) in [5.41, 5.74) is 1.83. The highest BCUT2D eigenvalue weighted by atomic mass is 16.6. The van der Waals surface area contributed by atoms with Gasteiger partial charge in [0.15, 0.2) is 0 Å². The van der Waals surface area contributed by atoms with E-state index in [9.17, 15) is 19.8 Å². The molecule has 2 rings (SSSR count). The number of fused-ring (bicyclic) bond motifs is 1. The zero-order valence-electron chi connectivity index (χ0n) is 15.4. The van der Waals surface area contributed by atoms with Gasteiger partial charge >= 0.3 is 11.9 Å². The van der Waals surface area contributed by atoms with Gasteiger partial charge in [0.05, 0.1) is 12.5 Å². The molecule has 2 N–H and O–H groups in total. The highest BCUT2D eigenvalue weighted by molar-refractivity contribution is 5.91. The lowest BCUT2D eigenvalue weighted by molar-refractivity contribution is -0.147. The number of rotatable bonds is 4. The molecule has 6 nitrogen and oxygen atoms in total. The van der Waals surface area contributed by atoms with Gasteiger partial charge in [-0.3, -0.25) is 0 Å². The molecule has 0 aromatic carbocycles. The van der Waals surface area contributed by atoms with Crippen LogP contribution in [0.2, 0.25) is 0 Å². The van der Waals surface area contributed by atoms with Crippen LogP contribution in [0.1, 0.15) is 39.5 Å². The Morgan fingerprint density at radius 1 is 1.42 bits per heavy atom. The number of ether oxygens (including phenoxy) is 2. The molecule has 0 bridgehead atoms. The molecule has 0 spiro atoms. The van der Waals surface area contributed by atoms with Crippen LogP contribution < -0.4 is 0 Å². The number of aliphatic hydroxyl groups excluding tert-OH is 2. The molecule has 1 aliphatic heterocycles. The van der Waals surface area contributed by atoms with Gasteiger partial charge in [0, 0.05) is 24.7 Å². The van der Waals surface area contributed by atoms with E-state index in [1.807, 2.05) is 6.08 Å². The fourth-order valence-electron chi connectivity index (χ4n) is 3.57. The molecular formula is C20H28O6. The Morgan fingerprint density at radius 3 is 2.77 bits per heavy atom. The predicted octanol–water partition coefficient (Wildman–Crippen LogP) is 2.06. The van der Waals surface area contributed by atoms with Crippen molar-refractivity contribution < 1.29 is 29.3 Å². The van der Waals surface area contributed by atoms with Crippen LogP contribution in [0.5, 0.6) is 0 Å². The lowest BCUT2D eigenvalue weighted by Gasteiger charge is -2.30. The van der Waals surface area contributed by atoms with Gasteiger partial charge in [0.2, 0.25) is 0 Å². The zero-order valence-corrected chi connectivity index (χ0v) is 15.4. The molecule has 2 aliphatic rings. The van der Waals surface area contributed by atoms with Crippen LogP contribution in [0.3, 0.4) is 0 Å². The summed E-state index contributed by atoms with van der Waals surface area (Å²) in [4.78, 5) is 24.3. The zero-order chi connectivity index (χ0) is 19.3. The maximum Gasteiger partial charge on any atom is 0.334 e. The molecule has 0 radical (unpaired) electrons. The van der Waals surface area contributed by atoms with Gasteiger partial charge in [-0.05, 0) is 44.6 Å². The maximum atomic E-state index is 12.2. The van der Waals surface area contributed by atoms with Crippen molar-refractivity contribution >= 4 is 11.9 Å². The topological polar surface area (TPSA) is 93.1 Å². The molecule has 0 unspecified atom stereocenters. The average Bonchev–Trinajstić information content (AvgIpc) is 2.85. The van der Waals surface area contributed by atoms with E-state index in [-0.39, 0.29) is 24.7 Å². The van der Waals surface area contributed by atoms with Crippen LogP contribution in [-0.2, 0) is 19.1 Å². The average molecular weight is 364 g/mol. The molecule has 6 heteroatoms. The van der Waals surface area contributed by atoms with Gasteiger partial charge in [-0.15, -0.1) is 0 Å². The van der Waals surface area contributed by atoms with E-state index in [4.69, 9.17) is 9.47 Å². The summed E-state index contributed by atoms with van der Waals surface area (Å²) in [6, 6.07) is 0. The normalized spacial score (nSPS) is 31.3. The molecule has 0 aromatic rings. The Bertz CT molecular complexity index is 614. The Hall–Kier alpha value is -1.92. The first-order valence-electron chi connectivity index (χ1n) is 9.00.